The van der Waals surface area contributed by atoms with E-state index in [0.717, 1.165) is 28.1 Å². The van der Waals surface area contributed by atoms with Crippen molar-refractivity contribution < 1.29 is 9.59 Å². The molecule has 4 rings (SSSR count). The van der Waals surface area contributed by atoms with E-state index in [0.29, 0.717) is 12.1 Å². The van der Waals surface area contributed by atoms with E-state index in [1.165, 1.54) is 6.92 Å². The van der Waals surface area contributed by atoms with Crippen molar-refractivity contribution >= 4 is 23.2 Å². The Morgan fingerprint density at radius 3 is 2.85 bits per heavy atom. The highest BCUT2D eigenvalue weighted by molar-refractivity contribution is 5.97. The van der Waals surface area contributed by atoms with Crippen LogP contribution in [0.3, 0.4) is 0 Å². The van der Waals surface area contributed by atoms with E-state index in [2.05, 4.69) is 15.7 Å². The van der Waals surface area contributed by atoms with Gasteiger partial charge in [-0.1, -0.05) is 24.3 Å². The molecule has 6 heteroatoms. The molecule has 3 aromatic rings. The Bertz CT molecular complexity index is 1040. The lowest BCUT2D eigenvalue weighted by atomic mass is 9.86. The highest BCUT2D eigenvalue weighted by Crippen LogP contribution is 2.38. The van der Waals surface area contributed by atoms with Crippen LogP contribution >= 0.6 is 0 Å². The topological polar surface area (TPSA) is 76.0 Å². The third kappa shape index (κ3) is 3.33. The molecule has 1 aliphatic rings. The summed E-state index contributed by atoms with van der Waals surface area (Å²) in [4.78, 5) is 23.5. The molecule has 0 radical (unpaired) electrons. The van der Waals surface area contributed by atoms with Gasteiger partial charge in [0.05, 0.1) is 11.9 Å². The fraction of sp³-hybridized carbons (Fsp3) is 0.190. The average Bonchev–Trinajstić information content (AvgIpc) is 3.10. The first-order valence-electron chi connectivity index (χ1n) is 8.83. The average molecular weight is 360 g/mol. The number of carbonyl (C=O) groups excluding carboxylic acids is 2. The fourth-order valence-corrected chi connectivity index (χ4v) is 3.51. The van der Waals surface area contributed by atoms with Crippen LogP contribution in [0.5, 0.6) is 0 Å². The number of carbonyl (C=O) groups is 2. The molecule has 0 saturated heterocycles. The zero-order valence-electron chi connectivity index (χ0n) is 15.2. The number of aromatic nitrogens is 2. The molecule has 6 nitrogen and oxygen atoms in total. The molecular weight excluding hydrogens is 340 g/mol. The first kappa shape index (κ1) is 17.0. The highest BCUT2D eigenvalue weighted by Gasteiger charge is 2.28. The quantitative estimate of drug-likeness (QED) is 0.749. The maximum Gasteiger partial charge on any atom is 0.225 e. The predicted molar refractivity (Wildman–Crippen MR) is 104 cm³/mol. The van der Waals surface area contributed by atoms with Crippen LogP contribution in [0.25, 0.3) is 5.69 Å². The number of nitrogens with zero attached hydrogens (tertiary/aromatic N) is 2. The standard InChI is InChI=1S/C21H20N4O2/c1-13-5-3-4-6-20(13)25-12-15(11-22-25)18-10-21(27)24-19-9-16(23-14(2)26)7-8-17(18)19/h3-9,11-12,18H,10H2,1-2H3,(H,23,26)(H,24,27). The lowest BCUT2D eigenvalue weighted by molar-refractivity contribution is -0.116. The van der Waals surface area contributed by atoms with Crippen molar-refractivity contribution in [3.8, 4) is 5.69 Å². The van der Waals surface area contributed by atoms with Crippen molar-refractivity contribution in [3.05, 3.63) is 71.5 Å². The number of nitrogens with one attached hydrogen (secondary N) is 2. The molecule has 1 aromatic heterocycles. The largest absolute Gasteiger partial charge is 0.326 e. The van der Waals surface area contributed by atoms with E-state index in [1.54, 1.807) is 6.07 Å². The summed E-state index contributed by atoms with van der Waals surface area (Å²) in [6, 6.07) is 13.7. The van der Waals surface area contributed by atoms with Gasteiger partial charge in [0.2, 0.25) is 11.8 Å². The van der Waals surface area contributed by atoms with Gasteiger partial charge in [0, 0.05) is 36.8 Å². The van der Waals surface area contributed by atoms with Crippen LogP contribution in [-0.2, 0) is 9.59 Å². The molecular formula is C21H20N4O2. The number of fused-ring (bicyclic) bond motifs is 1. The Morgan fingerprint density at radius 2 is 2.07 bits per heavy atom. The van der Waals surface area contributed by atoms with Crippen LogP contribution in [-0.4, -0.2) is 21.6 Å². The van der Waals surface area contributed by atoms with E-state index < -0.39 is 0 Å². The van der Waals surface area contributed by atoms with Crippen LogP contribution in [0.1, 0.15) is 36.0 Å². The molecule has 136 valence electrons. The SMILES string of the molecule is CC(=O)Nc1ccc2c(c1)NC(=O)CC2c1cnn(-c2ccccc2C)c1. The molecule has 2 aromatic carbocycles. The van der Waals surface area contributed by atoms with Gasteiger partial charge in [-0.2, -0.15) is 5.10 Å². The first-order chi connectivity index (χ1) is 13.0. The van der Waals surface area contributed by atoms with Crippen LogP contribution in [0, 0.1) is 6.92 Å². The van der Waals surface area contributed by atoms with Crippen LogP contribution in [0.4, 0.5) is 11.4 Å². The lowest BCUT2D eigenvalue weighted by Crippen LogP contribution is -2.23. The van der Waals surface area contributed by atoms with Crippen molar-refractivity contribution in [3.63, 3.8) is 0 Å². The van der Waals surface area contributed by atoms with Gasteiger partial charge in [-0.25, -0.2) is 4.68 Å². The van der Waals surface area contributed by atoms with E-state index in [1.807, 2.05) is 60.4 Å². The molecule has 2 amide bonds. The molecule has 27 heavy (non-hydrogen) atoms. The Labute approximate surface area is 157 Å². The molecule has 0 saturated carbocycles. The van der Waals surface area contributed by atoms with E-state index in [9.17, 15) is 9.59 Å². The fourth-order valence-electron chi connectivity index (χ4n) is 3.51. The van der Waals surface area contributed by atoms with Crippen molar-refractivity contribution in [2.24, 2.45) is 0 Å². The highest BCUT2D eigenvalue weighted by atomic mass is 16.2. The maximum atomic E-state index is 12.2. The van der Waals surface area contributed by atoms with E-state index in [4.69, 9.17) is 0 Å². The normalized spacial score (nSPS) is 15.8. The summed E-state index contributed by atoms with van der Waals surface area (Å²) in [5, 5.41) is 10.2. The summed E-state index contributed by atoms with van der Waals surface area (Å²) in [5.41, 5.74) is 5.55. The summed E-state index contributed by atoms with van der Waals surface area (Å²) in [6.45, 7) is 3.50. The number of rotatable bonds is 3. The Balaban J connectivity index is 1.70. The zero-order valence-corrected chi connectivity index (χ0v) is 15.2. The van der Waals surface area contributed by atoms with Gasteiger partial charge in [0.25, 0.3) is 0 Å². The Kier molecular flexibility index (Phi) is 4.24. The molecule has 2 heterocycles. The van der Waals surface area contributed by atoms with Crippen molar-refractivity contribution in [2.75, 3.05) is 10.6 Å². The number of para-hydroxylation sites is 1. The smallest absolute Gasteiger partial charge is 0.225 e. The van der Waals surface area contributed by atoms with Gasteiger partial charge in [-0.3, -0.25) is 9.59 Å². The maximum absolute atomic E-state index is 12.2. The molecule has 2 N–H and O–H groups in total. The second-order valence-corrected chi connectivity index (χ2v) is 6.79. The molecule has 1 unspecified atom stereocenters. The third-order valence-corrected chi connectivity index (χ3v) is 4.78. The summed E-state index contributed by atoms with van der Waals surface area (Å²) in [6.07, 6.45) is 4.17. The van der Waals surface area contributed by atoms with Gasteiger partial charge in [-0.15, -0.1) is 0 Å². The molecule has 0 fully saturated rings. The van der Waals surface area contributed by atoms with Crippen LogP contribution in [0.2, 0.25) is 0 Å². The number of hydrogen-bond acceptors (Lipinski definition) is 3. The van der Waals surface area contributed by atoms with Gasteiger partial charge < -0.3 is 10.6 Å². The number of amides is 2. The van der Waals surface area contributed by atoms with Gasteiger partial charge in [-0.05, 0) is 41.8 Å². The minimum Gasteiger partial charge on any atom is -0.326 e. The second-order valence-electron chi connectivity index (χ2n) is 6.79. The predicted octanol–water partition coefficient (Wildman–Crippen LogP) is 3.61. The number of benzene rings is 2. The minimum absolute atomic E-state index is 0.0453. The molecule has 0 bridgehead atoms. The second kappa shape index (κ2) is 6.72. The van der Waals surface area contributed by atoms with Gasteiger partial charge in [0.1, 0.15) is 0 Å². The van der Waals surface area contributed by atoms with Crippen molar-refractivity contribution in [1.82, 2.24) is 9.78 Å². The van der Waals surface area contributed by atoms with Gasteiger partial charge in [0.15, 0.2) is 0 Å². The monoisotopic (exact) mass is 360 g/mol. The number of aryl methyl sites for hydroxylation is 1. The van der Waals surface area contributed by atoms with Crippen LogP contribution in [0.15, 0.2) is 54.9 Å². The van der Waals surface area contributed by atoms with Crippen LogP contribution < -0.4 is 10.6 Å². The molecule has 1 atom stereocenters. The Morgan fingerprint density at radius 1 is 1.26 bits per heavy atom. The molecule has 1 aliphatic heterocycles. The van der Waals surface area contributed by atoms with E-state index >= 15 is 0 Å². The zero-order chi connectivity index (χ0) is 19.0. The lowest BCUT2D eigenvalue weighted by Gasteiger charge is -2.25. The number of hydrogen-bond donors (Lipinski definition) is 2. The minimum atomic E-state index is -0.145. The molecule has 0 aliphatic carbocycles. The summed E-state index contributed by atoms with van der Waals surface area (Å²) < 4.78 is 1.85. The summed E-state index contributed by atoms with van der Waals surface area (Å²) in [5.74, 6) is -0.262. The van der Waals surface area contributed by atoms with Crippen molar-refractivity contribution in [2.45, 2.75) is 26.2 Å². The first-order valence-corrected chi connectivity index (χ1v) is 8.83. The molecule has 0 spiro atoms. The Hall–Kier alpha value is -3.41. The van der Waals surface area contributed by atoms with Crippen molar-refractivity contribution in [1.29, 1.82) is 0 Å². The summed E-state index contributed by atoms with van der Waals surface area (Å²) in [7, 11) is 0. The summed E-state index contributed by atoms with van der Waals surface area (Å²) >= 11 is 0. The third-order valence-electron chi connectivity index (χ3n) is 4.78. The van der Waals surface area contributed by atoms with E-state index in [-0.39, 0.29) is 17.7 Å². The van der Waals surface area contributed by atoms with Gasteiger partial charge >= 0.3 is 0 Å². The number of anilines is 2.